The molecule has 8 heteroatoms. The molecule has 1 aliphatic rings. The minimum Gasteiger partial charge on any atom is -0.381 e. The summed E-state index contributed by atoms with van der Waals surface area (Å²) < 4.78 is 48.3. The fourth-order valence-electron chi connectivity index (χ4n) is 4.24. The van der Waals surface area contributed by atoms with E-state index in [2.05, 4.69) is 10.4 Å². The van der Waals surface area contributed by atoms with Crippen LogP contribution in [0.3, 0.4) is 0 Å². The number of carbonyl (C=O) groups is 1. The number of carbonyl (C=O) groups excluding carboxylic acids is 1. The van der Waals surface area contributed by atoms with Crippen LogP contribution in [0.5, 0.6) is 0 Å². The Kier molecular flexibility index (Phi) is 6.06. The van der Waals surface area contributed by atoms with E-state index < -0.39 is 23.3 Å². The topological polar surface area (TPSA) is 56.2 Å². The molecule has 5 nitrogen and oxygen atoms in total. The molecule has 0 spiro atoms. The fraction of sp³-hybridized carbons (Fsp3) is 0.333. The number of para-hydroxylation sites is 1. The molecule has 0 bridgehead atoms. The van der Waals surface area contributed by atoms with Gasteiger partial charge in [-0.1, -0.05) is 48.5 Å². The van der Waals surface area contributed by atoms with Crippen molar-refractivity contribution in [3.05, 3.63) is 83.2 Å². The summed E-state index contributed by atoms with van der Waals surface area (Å²) in [5.41, 5.74) is -0.0155. The highest BCUT2D eigenvalue weighted by Gasteiger charge is 2.41. The molecule has 0 aliphatic carbocycles. The van der Waals surface area contributed by atoms with Crippen molar-refractivity contribution < 1.29 is 22.7 Å². The average Bonchev–Trinajstić information content (AvgIpc) is 3.25. The van der Waals surface area contributed by atoms with Gasteiger partial charge in [0.25, 0.3) is 5.91 Å². The maximum atomic E-state index is 14.0. The second kappa shape index (κ2) is 8.78. The Hall–Kier alpha value is -3.13. The van der Waals surface area contributed by atoms with E-state index in [0.717, 1.165) is 16.4 Å². The normalized spacial score (nSPS) is 16.0. The van der Waals surface area contributed by atoms with Crippen molar-refractivity contribution in [2.24, 2.45) is 0 Å². The number of aromatic nitrogens is 2. The molecule has 0 atom stereocenters. The molecule has 1 N–H and O–H groups in total. The molecule has 1 aromatic heterocycles. The zero-order chi connectivity index (χ0) is 22.8. The molecule has 1 fully saturated rings. The van der Waals surface area contributed by atoms with Crippen LogP contribution in [0, 0.1) is 6.92 Å². The van der Waals surface area contributed by atoms with Crippen molar-refractivity contribution in [2.75, 3.05) is 19.8 Å². The molecule has 3 aromatic rings. The van der Waals surface area contributed by atoms with E-state index in [-0.39, 0.29) is 17.6 Å². The van der Waals surface area contributed by atoms with Crippen LogP contribution in [0.15, 0.2) is 60.8 Å². The third-order valence-corrected chi connectivity index (χ3v) is 6.05. The number of ether oxygens (including phenoxy) is 1. The lowest BCUT2D eigenvalue weighted by atomic mass is 9.74. The smallest absolute Gasteiger partial charge is 0.381 e. The first-order valence-electron chi connectivity index (χ1n) is 10.4. The Bertz CT molecular complexity index is 1090. The van der Waals surface area contributed by atoms with Crippen molar-refractivity contribution >= 4 is 5.91 Å². The fourth-order valence-corrected chi connectivity index (χ4v) is 4.24. The number of nitrogens with one attached hydrogen (secondary N) is 1. The third kappa shape index (κ3) is 4.27. The van der Waals surface area contributed by atoms with E-state index >= 15 is 0 Å². The van der Waals surface area contributed by atoms with Crippen molar-refractivity contribution in [3.63, 3.8) is 0 Å². The predicted octanol–water partition coefficient (Wildman–Crippen LogP) is 4.68. The van der Waals surface area contributed by atoms with E-state index in [9.17, 15) is 18.0 Å². The van der Waals surface area contributed by atoms with Gasteiger partial charge >= 0.3 is 6.18 Å². The number of benzene rings is 2. The molecular weight excluding hydrogens is 419 g/mol. The van der Waals surface area contributed by atoms with Crippen LogP contribution in [0.1, 0.15) is 40.0 Å². The molecule has 1 aliphatic heterocycles. The standard InChI is InChI=1S/C24H24F3N3O2/c1-17-7-5-6-10-20(17)30-21(24(25,26)27)19(15-29-30)22(31)28-16-23(11-13-32-14-12-23)18-8-3-2-4-9-18/h2-10,15H,11-14,16H2,1H3,(H,28,31). The number of nitrogens with zero attached hydrogens (tertiary/aromatic N) is 2. The van der Waals surface area contributed by atoms with Crippen LogP contribution in [-0.4, -0.2) is 35.4 Å². The highest BCUT2D eigenvalue weighted by atomic mass is 19.4. The van der Waals surface area contributed by atoms with E-state index in [1.54, 1.807) is 31.2 Å². The maximum Gasteiger partial charge on any atom is 0.434 e. The van der Waals surface area contributed by atoms with Gasteiger partial charge in [0.2, 0.25) is 0 Å². The summed E-state index contributed by atoms with van der Waals surface area (Å²) in [5.74, 6) is -0.793. The maximum absolute atomic E-state index is 14.0. The minimum absolute atomic E-state index is 0.214. The molecule has 32 heavy (non-hydrogen) atoms. The van der Waals surface area contributed by atoms with Crippen LogP contribution in [-0.2, 0) is 16.3 Å². The van der Waals surface area contributed by atoms with Crippen molar-refractivity contribution in [2.45, 2.75) is 31.4 Å². The van der Waals surface area contributed by atoms with Gasteiger partial charge in [-0.05, 0) is 37.0 Å². The van der Waals surface area contributed by atoms with E-state index in [1.165, 1.54) is 0 Å². The van der Waals surface area contributed by atoms with Gasteiger partial charge in [0.05, 0.1) is 17.4 Å². The third-order valence-electron chi connectivity index (χ3n) is 6.05. The summed E-state index contributed by atoms with van der Waals surface area (Å²) in [6, 6.07) is 16.3. The van der Waals surface area contributed by atoms with Gasteiger partial charge in [-0.3, -0.25) is 4.79 Å². The number of halogens is 3. The van der Waals surface area contributed by atoms with E-state index in [4.69, 9.17) is 4.74 Å². The molecule has 1 amide bonds. The largest absolute Gasteiger partial charge is 0.434 e. The van der Waals surface area contributed by atoms with Gasteiger partial charge in [0.15, 0.2) is 5.69 Å². The molecule has 2 heterocycles. The Balaban J connectivity index is 1.64. The van der Waals surface area contributed by atoms with Crippen LogP contribution < -0.4 is 5.32 Å². The van der Waals surface area contributed by atoms with E-state index in [0.29, 0.717) is 31.6 Å². The summed E-state index contributed by atoms with van der Waals surface area (Å²) in [5, 5.41) is 6.67. The lowest BCUT2D eigenvalue weighted by molar-refractivity contribution is -0.143. The van der Waals surface area contributed by atoms with Crippen molar-refractivity contribution in [1.29, 1.82) is 0 Å². The lowest BCUT2D eigenvalue weighted by Gasteiger charge is -2.38. The number of aryl methyl sites for hydroxylation is 1. The highest BCUT2D eigenvalue weighted by Crippen LogP contribution is 2.36. The zero-order valence-electron chi connectivity index (χ0n) is 17.7. The number of alkyl halides is 3. The monoisotopic (exact) mass is 443 g/mol. The second-order valence-corrected chi connectivity index (χ2v) is 8.04. The molecule has 168 valence electrons. The summed E-state index contributed by atoms with van der Waals surface area (Å²) in [6.45, 7) is 2.98. The summed E-state index contributed by atoms with van der Waals surface area (Å²) in [4.78, 5) is 13.0. The molecular formula is C24H24F3N3O2. The van der Waals surface area contributed by atoms with Gasteiger partial charge in [-0.2, -0.15) is 18.3 Å². The van der Waals surface area contributed by atoms with Crippen molar-refractivity contribution in [1.82, 2.24) is 15.1 Å². The van der Waals surface area contributed by atoms with Gasteiger partial charge in [-0.15, -0.1) is 0 Å². The lowest BCUT2D eigenvalue weighted by Crippen LogP contribution is -2.44. The van der Waals surface area contributed by atoms with Crippen LogP contribution in [0.4, 0.5) is 13.2 Å². The number of amides is 1. The predicted molar refractivity (Wildman–Crippen MR) is 114 cm³/mol. The second-order valence-electron chi connectivity index (χ2n) is 8.04. The highest BCUT2D eigenvalue weighted by molar-refractivity contribution is 5.95. The molecule has 0 saturated carbocycles. The first kappa shape index (κ1) is 22.1. The van der Waals surface area contributed by atoms with E-state index in [1.807, 2.05) is 30.3 Å². The number of hydrogen-bond donors (Lipinski definition) is 1. The molecule has 1 saturated heterocycles. The summed E-state index contributed by atoms with van der Waals surface area (Å²) in [6.07, 6.45) is -2.41. The molecule has 0 radical (unpaired) electrons. The average molecular weight is 443 g/mol. The van der Waals surface area contributed by atoms with Gasteiger partial charge < -0.3 is 10.1 Å². The minimum atomic E-state index is -4.75. The number of rotatable bonds is 5. The number of hydrogen-bond acceptors (Lipinski definition) is 3. The summed E-state index contributed by atoms with van der Waals surface area (Å²) >= 11 is 0. The van der Waals surface area contributed by atoms with Crippen LogP contribution in [0.25, 0.3) is 5.69 Å². The quantitative estimate of drug-likeness (QED) is 0.623. The first-order valence-corrected chi connectivity index (χ1v) is 10.4. The SMILES string of the molecule is Cc1ccccc1-n1ncc(C(=O)NCC2(c3ccccc3)CCOCC2)c1C(F)(F)F. The van der Waals surface area contributed by atoms with Crippen LogP contribution in [0.2, 0.25) is 0 Å². The zero-order valence-corrected chi connectivity index (χ0v) is 17.7. The Morgan fingerprint density at radius 1 is 1.09 bits per heavy atom. The summed E-state index contributed by atoms with van der Waals surface area (Å²) in [7, 11) is 0. The van der Waals surface area contributed by atoms with Gasteiger partial charge in [0.1, 0.15) is 0 Å². The molecule has 4 rings (SSSR count). The molecule has 0 unspecified atom stereocenters. The Labute approximate surface area is 184 Å². The van der Waals surface area contributed by atoms with Gasteiger partial charge in [0, 0.05) is 25.2 Å². The Morgan fingerprint density at radius 2 is 1.75 bits per heavy atom. The first-order chi connectivity index (χ1) is 15.3. The van der Waals surface area contributed by atoms with Gasteiger partial charge in [-0.25, -0.2) is 4.68 Å². The van der Waals surface area contributed by atoms with Crippen molar-refractivity contribution in [3.8, 4) is 5.69 Å². The Morgan fingerprint density at radius 3 is 2.41 bits per heavy atom. The molecule has 2 aromatic carbocycles. The van der Waals surface area contributed by atoms with Crippen LogP contribution >= 0.6 is 0 Å².